The van der Waals surface area contributed by atoms with Crippen LogP contribution in [0.5, 0.6) is 0 Å². The molecule has 0 saturated heterocycles. The molecular weight excluding hydrogens is 251 g/mol. The minimum atomic E-state index is -0.313. The van der Waals surface area contributed by atoms with Gasteiger partial charge in [-0.15, -0.1) is 0 Å². The van der Waals surface area contributed by atoms with E-state index in [0.717, 1.165) is 5.56 Å². The van der Waals surface area contributed by atoms with Crippen LogP contribution in [-0.2, 0) is 5.75 Å². The summed E-state index contributed by atoms with van der Waals surface area (Å²) in [4.78, 5) is 0. The van der Waals surface area contributed by atoms with Crippen LogP contribution in [0.2, 0.25) is 0 Å². The zero-order chi connectivity index (χ0) is 13.4. The molecule has 0 spiro atoms. The van der Waals surface area contributed by atoms with E-state index in [4.69, 9.17) is 10.2 Å². The molecule has 1 rings (SSSR count). The zero-order valence-electron chi connectivity index (χ0n) is 10.3. The van der Waals surface area contributed by atoms with Gasteiger partial charge in [-0.05, 0) is 17.7 Å². The van der Waals surface area contributed by atoms with Crippen LogP contribution in [0.3, 0.4) is 0 Å². The van der Waals surface area contributed by atoms with E-state index in [1.165, 1.54) is 12.1 Å². The molecule has 2 N–H and O–H groups in total. The van der Waals surface area contributed by atoms with E-state index >= 15 is 0 Å². The first-order valence-corrected chi connectivity index (χ1v) is 6.83. The van der Waals surface area contributed by atoms with Crippen molar-refractivity contribution in [3.05, 3.63) is 35.1 Å². The van der Waals surface area contributed by atoms with Gasteiger partial charge in [-0.2, -0.15) is 11.8 Å². The SMILES string of the molecule is CC(CO)SCc1ccc(F)cc1C#CCCO. The Hall–Kier alpha value is -1.02. The summed E-state index contributed by atoms with van der Waals surface area (Å²) in [6.07, 6.45) is 0.385. The monoisotopic (exact) mass is 268 g/mol. The Bertz CT molecular complexity index is 437. The number of rotatable bonds is 5. The maximum absolute atomic E-state index is 13.2. The van der Waals surface area contributed by atoms with E-state index in [1.807, 2.05) is 6.92 Å². The summed E-state index contributed by atoms with van der Waals surface area (Å²) in [5, 5.41) is 17.8. The van der Waals surface area contributed by atoms with E-state index in [2.05, 4.69) is 11.8 Å². The largest absolute Gasteiger partial charge is 0.395 e. The van der Waals surface area contributed by atoms with Gasteiger partial charge in [0.15, 0.2) is 0 Å². The molecule has 1 atom stereocenters. The summed E-state index contributed by atoms with van der Waals surface area (Å²) in [7, 11) is 0. The van der Waals surface area contributed by atoms with Gasteiger partial charge in [-0.25, -0.2) is 4.39 Å². The number of hydrogen-bond donors (Lipinski definition) is 2. The second-order valence-corrected chi connectivity index (χ2v) is 5.31. The van der Waals surface area contributed by atoms with Crippen LogP contribution >= 0.6 is 11.8 Å². The van der Waals surface area contributed by atoms with Crippen LogP contribution < -0.4 is 0 Å². The first kappa shape index (κ1) is 15.0. The van der Waals surface area contributed by atoms with E-state index in [0.29, 0.717) is 17.7 Å². The Balaban J connectivity index is 2.80. The molecule has 0 bridgehead atoms. The first-order chi connectivity index (χ1) is 8.67. The lowest BCUT2D eigenvalue weighted by atomic mass is 10.1. The summed E-state index contributed by atoms with van der Waals surface area (Å²) >= 11 is 1.60. The summed E-state index contributed by atoms with van der Waals surface area (Å²) in [6.45, 7) is 2.07. The summed E-state index contributed by atoms with van der Waals surface area (Å²) in [5.74, 6) is 6.04. The highest BCUT2D eigenvalue weighted by Crippen LogP contribution is 2.20. The molecule has 4 heteroatoms. The van der Waals surface area contributed by atoms with Crippen LogP contribution in [-0.4, -0.2) is 28.7 Å². The van der Waals surface area contributed by atoms with Crippen molar-refractivity contribution >= 4 is 11.8 Å². The highest BCUT2D eigenvalue weighted by Gasteiger charge is 2.05. The molecule has 1 unspecified atom stereocenters. The average Bonchev–Trinajstić information content (AvgIpc) is 2.37. The van der Waals surface area contributed by atoms with Crippen LogP contribution in [0.25, 0.3) is 0 Å². The predicted molar refractivity (Wildman–Crippen MR) is 72.8 cm³/mol. The maximum Gasteiger partial charge on any atom is 0.124 e. The minimum absolute atomic E-state index is 0.00788. The lowest BCUT2D eigenvalue weighted by Gasteiger charge is -2.09. The third kappa shape index (κ3) is 5.09. The van der Waals surface area contributed by atoms with Gasteiger partial charge in [0.25, 0.3) is 0 Å². The zero-order valence-corrected chi connectivity index (χ0v) is 11.1. The van der Waals surface area contributed by atoms with Crippen LogP contribution in [0.1, 0.15) is 24.5 Å². The molecule has 0 saturated carbocycles. The number of aliphatic hydroxyl groups excluding tert-OH is 2. The number of hydrogen-bond acceptors (Lipinski definition) is 3. The Morgan fingerprint density at radius 2 is 2.17 bits per heavy atom. The van der Waals surface area contributed by atoms with Gasteiger partial charge < -0.3 is 10.2 Å². The Morgan fingerprint density at radius 3 is 2.83 bits per heavy atom. The van der Waals surface area contributed by atoms with Gasteiger partial charge in [-0.1, -0.05) is 24.8 Å². The molecule has 0 radical (unpaired) electrons. The van der Waals surface area contributed by atoms with Crippen molar-refractivity contribution in [1.29, 1.82) is 0 Å². The van der Waals surface area contributed by atoms with E-state index in [1.54, 1.807) is 17.8 Å². The van der Waals surface area contributed by atoms with Crippen molar-refractivity contribution in [2.45, 2.75) is 24.3 Å². The highest BCUT2D eigenvalue weighted by molar-refractivity contribution is 7.99. The highest BCUT2D eigenvalue weighted by atomic mass is 32.2. The number of halogens is 1. The van der Waals surface area contributed by atoms with Crippen molar-refractivity contribution in [2.24, 2.45) is 0 Å². The van der Waals surface area contributed by atoms with Gasteiger partial charge in [0.2, 0.25) is 0 Å². The fraction of sp³-hybridized carbons (Fsp3) is 0.429. The van der Waals surface area contributed by atoms with Gasteiger partial charge in [0, 0.05) is 23.0 Å². The predicted octanol–water partition coefficient (Wildman–Crippen LogP) is 2.17. The van der Waals surface area contributed by atoms with Crippen LogP contribution in [0.4, 0.5) is 4.39 Å². The van der Waals surface area contributed by atoms with Crippen molar-refractivity contribution in [2.75, 3.05) is 13.2 Å². The fourth-order valence-corrected chi connectivity index (χ4v) is 2.11. The Kier molecular flexibility index (Phi) is 6.81. The van der Waals surface area contributed by atoms with Gasteiger partial charge >= 0.3 is 0 Å². The maximum atomic E-state index is 13.2. The molecular formula is C14H17FO2S. The van der Waals surface area contributed by atoms with Crippen molar-refractivity contribution in [3.63, 3.8) is 0 Å². The average molecular weight is 268 g/mol. The summed E-state index contributed by atoms with van der Waals surface area (Å²) in [5.41, 5.74) is 1.60. The molecule has 1 aromatic carbocycles. The molecule has 1 aromatic rings. The molecule has 0 aliphatic carbocycles. The van der Waals surface area contributed by atoms with Gasteiger partial charge in [-0.3, -0.25) is 0 Å². The second-order valence-electron chi connectivity index (χ2n) is 3.88. The van der Waals surface area contributed by atoms with Crippen molar-refractivity contribution < 1.29 is 14.6 Å². The first-order valence-electron chi connectivity index (χ1n) is 5.78. The lowest BCUT2D eigenvalue weighted by Crippen LogP contribution is -2.03. The molecule has 2 nitrogen and oxygen atoms in total. The molecule has 0 fully saturated rings. The molecule has 0 heterocycles. The molecule has 98 valence electrons. The third-order valence-electron chi connectivity index (χ3n) is 2.31. The minimum Gasteiger partial charge on any atom is -0.395 e. The summed E-state index contributed by atoms with van der Waals surface area (Å²) < 4.78 is 13.2. The topological polar surface area (TPSA) is 40.5 Å². The van der Waals surface area contributed by atoms with Gasteiger partial charge in [0.05, 0.1) is 13.2 Å². The third-order valence-corrected chi connectivity index (χ3v) is 3.51. The van der Waals surface area contributed by atoms with Crippen molar-refractivity contribution in [3.8, 4) is 11.8 Å². The summed E-state index contributed by atoms with van der Waals surface area (Å²) in [6, 6.07) is 4.54. The smallest absolute Gasteiger partial charge is 0.124 e. The molecule has 0 amide bonds. The Labute approximate surface area is 111 Å². The molecule has 0 aromatic heterocycles. The standard InChI is InChI=1S/C14H17FO2S/c1-11(9-17)18-10-13-5-6-14(15)8-12(13)4-2-3-7-16/h5-6,8,11,16-17H,3,7,9-10H2,1H3. The van der Waals surface area contributed by atoms with E-state index in [9.17, 15) is 4.39 Å². The van der Waals surface area contributed by atoms with Crippen LogP contribution in [0.15, 0.2) is 18.2 Å². The molecule has 0 aliphatic heterocycles. The quantitative estimate of drug-likeness (QED) is 0.804. The van der Waals surface area contributed by atoms with Crippen LogP contribution in [0, 0.1) is 17.7 Å². The van der Waals surface area contributed by atoms with E-state index in [-0.39, 0.29) is 24.3 Å². The number of aliphatic hydroxyl groups is 2. The fourth-order valence-electron chi connectivity index (χ4n) is 1.29. The van der Waals surface area contributed by atoms with Gasteiger partial charge in [0.1, 0.15) is 5.82 Å². The van der Waals surface area contributed by atoms with Crippen molar-refractivity contribution in [1.82, 2.24) is 0 Å². The number of benzene rings is 1. The molecule has 18 heavy (non-hydrogen) atoms. The second kappa shape index (κ2) is 8.15. The Morgan fingerprint density at radius 1 is 1.39 bits per heavy atom. The van der Waals surface area contributed by atoms with E-state index < -0.39 is 0 Å². The molecule has 0 aliphatic rings. The lowest BCUT2D eigenvalue weighted by molar-refractivity contribution is 0.300. The normalized spacial score (nSPS) is 11.8. The number of thioether (sulfide) groups is 1.